The Bertz CT molecular complexity index is 583. The summed E-state index contributed by atoms with van der Waals surface area (Å²) in [4.78, 5) is 11.4. The molecule has 6 heteroatoms. The summed E-state index contributed by atoms with van der Waals surface area (Å²) in [6.45, 7) is 2.21. The second-order valence-corrected chi connectivity index (χ2v) is 4.73. The number of benzene rings is 1. The Hall–Kier alpha value is -2.01. The molecule has 0 unspecified atom stereocenters. The first-order valence-electron chi connectivity index (χ1n) is 6.38. The zero-order valence-corrected chi connectivity index (χ0v) is 11.9. The van der Waals surface area contributed by atoms with Crippen LogP contribution in [0.3, 0.4) is 0 Å². The highest BCUT2D eigenvalue weighted by atomic mass is 35.5. The van der Waals surface area contributed by atoms with Crippen LogP contribution in [0, 0.1) is 0 Å². The van der Waals surface area contributed by atoms with Gasteiger partial charge < -0.3 is 10.1 Å². The SMILES string of the molecule is CCCC(=O)Nc1cnn(COc2cccc(Cl)c2)c1. The summed E-state index contributed by atoms with van der Waals surface area (Å²) in [5.41, 5.74) is 0.665. The second-order valence-electron chi connectivity index (χ2n) is 4.30. The second kappa shape index (κ2) is 6.96. The van der Waals surface area contributed by atoms with Gasteiger partial charge in [-0.25, -0.2) is 4.68 Å². The van der Waals surface area contributed by atoms with Gasteiger partial charge in [0.2, 0.25) is 5.91 Å². The van der Waals surface area contributed by atoms with Crippen molar-refractivity contribution in [3.8, 4) is 5.75 Å². The Kier molecular flexibility index (Phi) is 5.01. The van der Waals surface area contributed by atoms with Crippen LogP contribution in [0.5, 0.6) is 5.75 Å². The molecule has 0 fully saturated rings. The van der Waals surface area contributed by atoms with Crippen molar-refractivity contribution in [1.82, 2.24) is 9.78 Å². The standard InChI is InChI=1S/C14H16ClN3O2/c1-2-4-14(19)17-12-8-16-18(9-12)10-20-13-6-3-5-11(15)7-13/h3,5-9H,2,4,10H2,1H3,(H,17,19). The fourth-order valence-corrected chi connectivity index (χ4v) is 1.83. The number of carbonyl (C=O) groups is 1. The quantitative estimate of drug-likeness (QED) is 0.889. The lowest BCUT2D eigenvalue weighted by Gasteiger charge is -2.06. The molecule has 1 aromatic carbocycles. The van der Waals surface area contributed by atoms with E-state index in [0.29, 0.717) is 22.9 Å². The molecule has 106 valence electrons. The summed E-state index contributed by atoms with van der Waals surface area (Å²) in [7, 11) is 0. The maximum Gasteiger partial charge on any atom is 0.224 e. The monoisotopic (exact) mass is 293 g/mol. The van der Waals surface area contributed by atoms with Gasteiger partial charge in [-0.05, 0) is 24.6 Å². The Morgan fingerprint density at radius 2 is 2.35 bits per heavy atom. The molecule has 0 radical (unpaired) electrons. The highest BCUT2D eigenvalue weighted by Crippen LogP contribution is 2.17. The van der Waals surface area contributed by atoms with Gasteiger partial charge in [0, 0.05) is 11.4 Å². The summed E-state index contributed by atoms with van der Waals surface area (Å²) < 4.78 is 7.14. The average Bonchev–Trinajstić information content (AvgIpc) is 2.84. The van der Waals surface area contributed by atoms with E-state index < -0.39 is 0 Å². The third-order valence-electron chi connectivity index (χ3n) is 2.55. The smallest absolute Gasteiger partial charge is 0.224 e. The fraction of sp³-hybridized carbons (Fsp3) is 0.286. The Labute approximate surface area is 122 Å². The molecule has 1 N–H and O–H groups in total. The molecule has 20 heavy (non-hydrogen) atoms. The molecule has 2 aromatic rings. The number of anilines is 1. The van der Waals surface area contributed by atoms with Crippen LogP contribution in [0.2, 0.25) is 5.02 Å². The third kappa shape index (κ3) is 4.28. The van der Waals surface area contributed by atoms with Gasteiger partial charge in [0.05, 0.1) is 18.1 Å². The molecule has 0 saturated carbocycles. The Balaban J connectivity index is 1.88. The molecule has 1 aromatic heterocycles. The molecule has 0 bridgehead atoms. The number of ether oxygens (including phenoxy) is 1. The molecule has 0 aliphatic rings. The molecule has 0 atom stereocenters. The van der Waals surface area contributed by atoms with Crippen LogP contribution in [0.4, 0.5) is 5.69 Å². The number of hydrogen-bond donors (Lipinski definition) is 1. The molecule has 0 spiro atoms. The summed E-state index contributed by atoms with van der Waals surface area (Å²) in [5.74, 6) is 0.660. The molecule has 1 heterocycles. The summed E-state index contributed by atoms with van der Waals surface area (Å²) in [6.07, 6.45) is 4.63. The van der Waals surface area contributed by atoms with Gasteiger partial charge in [-0.2, -0.15) is 5.10 Å². The molecular formula is C14H16ClN3O2. The first-order chi connectivity index (χ1) is 9.67. The summed E-state index contributed by atoms with van der Waals surface area (Å²) in [5, 5.41) is 7.50. The van der Waals surface area contributed by atoms with Crippen molar-refractivity contribution in [2.75, 3.05) is 5.32 Å². The zero-order valence-electron chi connectivity index (χ0n) is 11.2. The van der Waals surface area contributed by atoms with Gasteiger partial charge >= 0.3 is 0 Å². The summed E-state index contributed by atoms with van der Waals surface area (Å²) in [6, 6.07) is 7.15. The first-order valence-corrected chi connectivity index (χ1v) is 6.76. The predicted octanol–water partition coefficient (Wildman–Crippen LogP) is 3.31. The minimum atomic E-state index is -0.0113. The van der Waals surface area contributed by atoms with Gasteiger partial charge in [0.15, 0.2) is 6.73 Å². The van der Waals surface area contributed by atoms with Crippen LogP contribution in [0.1, 0.15) is 19.8 Å². The van der Waals surface area contributed by atoms with Crippen LogP contribution in [0.15, 0.2) is 36.7 Å². The maximum atomic E-state index is 11.4. The molecule has 5 nitrogen and oxygen atoms in total. The van der Waals surface area contributed by atoms with E-state index in [2.05, 4.69) is 10.4 Å². The van der Waals surface area contributed by atoms with E-state index in [4.69, 9.17) is 16.3 Å². The fourth-order valence-electron chi connectivity index (χ4n) is 1.65. The predicted molar refractivity (Wildman–Crippen MR) is 77.8 cm³/mol. The van der Waals surface area contributed by atoms with E-state index >= 15 is 0 Å². The van der Waals surface area contributed by atoms with Gasteiger partial charge in [0.25, 0.3) is 0 Å². The molecule has 1 amide bonds. The van der Waals surface area contributed by atoms with E-state index in [1.807, 2.05) is 19.1 Å². The van der Waals surface area contributed by atoms with Gasteiger partial charge in [-0.3, -0.25) is 4.79 Å². The largest absolute Gasteiger partial charge is 0.471 e. The lowest BCUT2D eigenvalue weighted by atomic mass is 10.3. The zero-order chi connectivity index (χ0) is 14.4. The first kappa shape index (κ1) is 14.4. The van der Waals surface area contributed by atoms with Gasteiger partial charge in [0.1, 0.15) is 5.75 Å². The Morgan fingerprint density at radius 1 is 1.50 bits per heavy atom. The average molecular weight is 294 g/mol. The van der Waals surface area contributed by atoms with Crippen LogP contribution in [-0.4, -0.2) is 15.7 Å². The van der Waals surface area contributed by atoms with Crippen molar-refractivity contribution in [1.29, 1.82) is 0 Å². The van der Waals surface area contributed by atoms with Gasteiger partial charge in [-0.15, -0.1) is 0 Å². The number of aromatic nitrogens is 2. The number of hydrogen-bond acceptors (Lipinski definition) is 3. The highest BCUT2D eigenvalue weighted by molar-refractivity contribution is 6.30. The van der Waals surface area contributed by atoms with Crippen molar-refractivity contribution in [2.45, 2.75) is 26.5 Å². The van der Waals surface area contributed by atoms with E-state index in [0.717, 1.165) is 6.42 Å². The van der Waals surface area contributed by atoms with Crippen molar-refractivity contribution in [3.05, 3.63) is 41.7 Å². The van der Waals surface area contributed by atoms with Gasteiger partial charge in [-0.1, -0.05) is 24.6 Å². The minimum absolute atomic E-state index is 0.0113. The number of amides is 1. The van der Waals surface area contributed by atoms with Crippen LogP contribution < -0.4 is 10.1 Å². The normalized spacial score (nSPS) is 10.3. The Morgan fingerprint density at radius 3 is 3.10 bits per heavy atom. The third-order valence-corrected chi connectivity index (χ3v) is 2.79. The molecular weight excluding hydrogens is 278 g/mol. The van der Waals surface area contributed by atoms with Crippen LogP contribution in [-0.2, 0) is 11.5 Å². The van der Waals surface area contributed by atoms with Crippen LogP contribution >= 0.6 is 11.6 Å². The number of nitrogens with zero attached hydrogens (tertiary/aromatic N) is 2. The van der Waals surface area contributed by atoms with E-state index in [1.54, 1.807) is 29.2 Å². The van der Waals surface area contributed by atoms with Crippen molar-refractivity contribution in [3.63, 3.8) is 0 Å². The number of nitrogens with one attached hydrogen (secondary N) is 1. The summed E-state index contributed by atoms with van der Waals surface area (Å²) >= 11 is 5.87. The van der Waals surface area contributed by atoms with E-state index in [1.165, 1.54) is 0 Å². The molecule has 0 aliphatic heterocycles. The van der Waals surface area contributed by atoms with Crippen molar-refractivity contribution in [2.24, 2.45) is 0 Å². The number of carbonyl (C=O) groups excluding carboxylic acids is 1. The topological polar surface area (TPSA) is 56.2 Å². The molecule has 0 saturated heterocycles. The van der Waals surface area contributed by atoms with Crippen LogP contribution in [0.25, 0.3) is 0 Å². The van der Waals surface area contributed by atoms with E-state index in [9.17, 15) is 4.79 Å². The van der Waals surface area contributed by atoms with E-state index in [-0.39, 0.29) is 12.6 Å². The highest BCUT2D eigenvalue weighted by Gasteiger charge is 2.03. The molecule has 0 aliphatic carbocycles. The molecule has 2 rings (SSSR count). The number of halogens is 1. The van der Waals surface area contributed by atoms with Crippen molar-refractivity contribution < 1.29 is 9.53 Å². The maximum absolute atomic E-state index is 11.4. The lowest BCUT2D eigenvalue weighted by molar-refractivity contribution is -0.116. The van der Waals surface area contributed by atoms with Crippen molar-refractivity contribution >= 4 is 23.2 Å². The minimum Gasteiger partial charge on any atom is -0.471 e. The lowest BCUT2D eigenvalue weighted by Crippen LogP contribution is -2.10. The number of rotatable bonds is 6.